The zero-order valence-corrected chi connectivity index (χ0v) is 18.9. The van der Waals surface area contributed by atoms with Crippen LogP contribution in [0.15, 0.2) is 60.9 Å². The van der Waals surface area contributed by atoms with Crippen molar-refractivity contribution in [3.05, 3.63) is 89.0 Å². The molecule has 4 heteroatoms. The van der Waals surface area contributed by atoms with E-state index in [0.717, 1.165) is 22.5 Å². The van der Waals surface area contributed by atoms with Gasteiger partial charge in [0.25, 0.3) is 0 Å². The quantitative estimate of drug-likeness (QED) is 0.577. The summed E-state index contributed by atoms with van der Waals surface area (Å²) in [6.45, 7) is 13.5. The van der Waals surface area contributed by atoms with Gasteiger partial charge in [-0.15, -0.1) is 0 Å². The number of hydrogen-bond acceptors (Lipinski definition) is 4. The van der Waals surface area contributed by atoms with Gasteiger partial charge in [-0.25, -0.2) is 0 Å². The van der Waals surface area contributed by atoms with Crippen molar-refractivity contribution in [1.29, 1.82) is 0 Å². The number of benzene rings is 1. The maximum absolute atomic E-state index is 11.1. The van der Waals surface area contributed by atoms with Gasteiger partial charge in [-0.05, 0) is 46.2 Å². The Morgan fingerprint density at radius 2 is 1.40 bits per heavy atom. The molecule has 0 amide bonds. The number of rotatable bonds is 5. The molecule has 0 aliphatic carbocycles. The highest BCUT2D eigenvalue weighted by Crippen LogP contribution is 2.38. The van der Waals surface area contributed by atoms with Crippen molar-refractivity contribution >= 4 is 0 Å². The van der Waals surface area contributed by atoms with E-state index >= 15 is 0 Å². The first-order valence-electron chi connectivity index (χ1n) is 10.5. The molecule has 0 spiro atoms. The van der Waals surface area contributed by atoms with Crippen LogP contribution in [0.4, 0.5) is 0 Å². The normalized spacial score (nSPS) is 12.4. The molecule has 3 rings (SSSR count). The van der Waals surface area contributed by atoms with Crippen LogP contribution >= 0.6 is 0 Å². The maximum atomic E-state index is 11.1. The second-order valence-corrected chi connectivity index (χ2v) is 9.85. The number of pyridine rings is 2. The summed E-state index contributed by atoms with van der Waals surface area (Å²) >= 11 is 0. The van der Waals surface area contributed by atoms with Crippen molar-refractivity contribution < 1.29 is 5.11 Å². The number of nitrogens with zero attached hydrogens (tertiary/aromatic N) is 2. The van der Waals surface area contributed by atoms with Crippen LogP contribution in [0.1, 0.15) is 75.7 Å². The summed E-state index contributed by atoms with van der Waals surface area (Å²) < 4.78 is 0. The van der Waals surface area contributed by atoms with E-state index in [4.69, 9.17) is 0 Å². The first-order valence-corrected chi connectivity index (χ1v) is 10.5. The molecule has 0 atom stereocenters. The molecule has 2 N–H and O–H groups in total. The van der Waals surface area contributed by atoms with Gasteiger partial charge in [-0.3, -0.25) is 15.3 Å². The molecule has 30 heavy (non-hydrogen) atoms. The Morgan fingerprint density at radius 3 is 1.83 bits per heavy atom. The zero-order chi connectivity index (χ0) is 21.9. The Balaban J connectivity index is 2.00. The van der Waals surface area contributed by atoms with E-state index in [9.17, 15) is 5.11 Å². The second-order valence-electron chi connectivity index (χ2n) is 9.85. The summed E-state index contributed by atoms with van der Waals surface area (Å²) in [4.78, 5) is 9.08. The van der Waals surface area contributed by atoms with Crippen molar-refractivity contribution in [3.63, 3.8) is 0 Å². The van der Waals surface area contributed by atoms with E-state index < -0.39 is 0 Å². The van der Waals surface area contributed by atoms with Gasteiger partial charge in [-0.1, -0.05) is 65.8 Å². The molecule has 0 aliphatic rings. The van der Waals surface area contributed by atoms with E-state index in [0.29, 0.717) is 12.3 Å². The minimum atomic E-state index is -0.164. The smallest absolute Gasteiger partial charge is 0.123 e. The number of nitrogens with one attached hydrogen (secondary N) is 1. The highest BCUT2D eigenvalue weighted by molar-refractivity contribution is 5.48. The average molecular weight is 404 g/mol. The van der Waals surface area contributed by atoms with Crippen molar-refractivity contribution in [3.8, 4) is 5.75 Å². The van der Waals surface area contributed by atoms with Gasteiger partial charge in [0.05, 0.1) is 17.4 Å². The zero-order valence-electron chi connectivity index (χ0n) is 18.9. The Bertz CT molecular complexity index is 931. The van der Waals surface area contributed by atoms with Crippen LogP contribution in [0, 0.1) is 0 Å². The third-order valence-corrected chi connectivity index (χ3v) is 5.33. The lowest BCUT2D eigenvalue weighted by atomic mass is 9.79. The van der Waals surface area contributed by atoms with Crippen LogP contribution < -0.4 is 5.32 Å². The number of aromatic nitrogens is 2. The third-order valence-electron chi connectivity index (χ3n) is 5.33. The summed E-state index contributed by atoms with van der Waals surface area (Å²) in [6, 6.07) is 15.9. The largest absolute Gasteiger partial charge is 0.507 e. The highest BCUT2D eigenvalue weighted by atomic mass is 16.3. The Morgan fingerprint density at radius 1 is 0.833 bits per heavy atom. The molecule has 0 aliphatic heterocycles. The predicted molar refractivity (Wildman–Crippen MR) is 123 cm³/mol. The van der Waals surface area contributed by atoms with Crippen LogP contribution in [-0.2, 0) is 17.4 Å². The topological polar surface area (TPSA) is 58.0 Å². The van der Waals surface area contributed by atoms with Crippen molar-refractivity contribution in [1.82, 2.24) is 15.3 Å². The first kappa shape index (κ1) is 22.0. The molecule has 0 radical (unpaired) electrons. The van der Waals surface area contributed by atoms with Crippen molar-refractivity contribution in [2.75, 3.05) is 0 Å². The third kappa shape index (κ3) is 5.06. The van der Waals surface area contributed by atoms with Crippen LogP contribution in [-0.4, -0.2) is 15.1 Å². The Kier molecular flexibility index (Phi) is 6.27. The molecule has 0 saturated carbocycles. The summed E-state index contributed by atoms with van der Waals surface area (Å²) in [5, 5.41) is 14.7. The van der Waals surface area contributed by atoms with Gasteiger partial charge in [0.1, 0.15) is 5.75 Å². The molecule has 0 saturated heterocycles. The molecular weight excluding hydrogens is 370 g/mol. The number of phenols is 1. The lowest BCUT2D eigenvalue weighted by Gasteiger charge is -2.28. The molecule has 4 nitrogen and oxygen atoms in total. The molecule has 2 heterocycles. The minimum absolute atomic E-state index is 0.0101. The Hall–Kier alpha value is -2.72. The fourth-order valence-corrected chi connectivity index (χ4v) is 3.50. The number of hydrogen-bond donors (Lipinski definition) is 2. The standard InChI is InChI=1S/C26H33N3O/c1-25(2,3)19-15-18(24(30)20(16-19)26(4,5)6)17-29-23(21-11-7-9-13-27-21)22-12-8-10-14-28-22/h7-16,23,29-30H,17H2,1-6H3. The highest BCUT2D eigenvalue weighted by Gasteiger charge is 2.25. The lowest BCUT2D eigenvalue weighted by Crippen LogP contribution is -2.25. The van der Waals surface area contributed by atoms with Gasteiger partial charge >= 0.3 is 0 Å². The van der Waals surface area contributed by atoms with E-state index in [1.807, 2.05) is 36.4 Å². The summed E-state index contributed by atoms with van der Waals surface area (Å²) in [7, 11) is 0. The molecule has 1 aromatic carbocycles. The van der Waals surface area contributed by atoms with Crippen molar-refractivity contribution in [2.24, 2.45) is 0 Å². The van der Waals surface area contributed by atoms with Crippen LogP contribution in [0.5, 0.6) is 5.75 Å². The molecule has 0 bridgehead atoms. The molecule has 0 unspecified atom stereocenters. The summed E-state index contributed by atoms with van der Waals surface area (Å²) in [5.74, 6) is 0.365. The molecular formula is C26H33N3O. The van der Waals surface area contributed by atoms with E-state index in [2.05, 4.69) is 69.0 Å². The SMILES string of the molecule is CC(C)(C)c1cc(CNC(c2ccccn2)c2ccccn2)c(O)c(C(C)(C)C)c1. The number of phenolic OH excluding ortho intramolecular Hbond substituents is 1. The summed E-state index contributed by atoms with van der Waals surface area (Å²) in [6.07, 6.45) is 3.59. The van der Waals surface area contributed by atoms with Gasteiger partial charge in [0.2, 0.25) is 0 Å². The summed E-state index contributed by atoms with van der Waals surface area (Å²) in [5.41, 5.74) is 4.72. The van der Waals surface area contributed by atoms with Crippen LogP contribution in [0.25, 0.3) is 0 Å². The van der Waals surface area contributed by atoms with Crippen LogP contribution in [0.2, 0.25) is 0 Å². The first-order chi connectivity index (χ1) is 14.1. The van der Waals surface area contributed by atoms with Crippen LogP contribution in [0.3, 0.4) is 0 Å². The van der Waals surface area contributed by atoms with Gasteiger partial charge < -0.3 is 5.11 Å². The van der Waals surface area contributed by atoms with Gasteiger partial charge in [0.15, 0.2) is 0 Å². The van der Waals surface area contributed by atoms with E-state index in [-0.39, 0.29) is 16.9 Å². The maximum Gasteiger partial charge on any atom is 0.123 e. The lowest BCUT2D eigenvalue weighted by molar-refractivity contribution is 0.432. The van der Waals surface area contributed by atoms with E-state index in [1.165, 1.54) is 5.56 Å². The average Bonchev–Trinajstić information content (AvgIpc) is 2.69. The molecule has 2 aromatic heterocycles. The van der Waals surface area contributed by atoms with E-state index in [1.54, 1.807) is 12.4 Å². The van der Waals surface area contributed by atoms with Gasteiger partial charge in [0, 0.05) is 24.5 Å². The minimum Gasteiger partial charge on any atom is -0.507 e. The second kappa shape index (κ2) is 8.57. The fourth-order valence-electron chi connectivity index (χ4n) is 3.50. The monoisotopic (exact) mass is 403 g/mol. The predicted octanol–water partition coefficient (Wildman–Crippen LogP) is 5.66. The fraction of sp³-hybridized carbons (Fsp3) is 0.385. The molecule has 158 valence electrons. The Labute approximate surface area is 180 Å². The number of aromatic hydroxyl groups is 1. The molecule has 3 aromatic rings. The van der Waals surface area contributed by atoms with Gasteiger partial charge in [-0.2, -0.15) is 0 Å². The van der Waals surface area contributed by atoms with Crippen molar-refractivity contribution in [2.45, 2.75) is 65.0 Å². The molecule has 0 fully saturated rings.